The van der Waals surface area contributed by atoms with Gasteiger partial charge in [0.25, 0.3) is 0 Å². The molecule has 0 aliphatic heterocycles. The standard InChI is InChI=1S/C16H15BrN2O/c17-14-5-7-15(8-6-14)19(16(20)13-3-4-13)11-12-2-1-9-18-10-12/h1-2,5-10,13H,3-4,11H2. The molecule has 0 unspecified atom stereocenters. The van der Waals surface area contributed by atoms with Crippen molar-refractivity contribution in [1.82, 2.24) is 4.98 Å². The number of amides is 1. The largest absolute Gasteiger partial charge is 0.308 e. The Bertz CT molecular complexity index is 594. The predicted octanol–water partition coefficient (Wildman–Crippen LogP) is 3.79. The Labute approximate surface area is 126 Å². The quantitative estimate of drug-likeness (QED) is 0.854. The van der Waals surface area contributed by atoms with Crippen molar-refractivity contribution in [2.75, 3.05) is 4.90 Å². The van der Waals surface area contributed by atoms with Crippen molar-refractivity contribution in [2.24, 2.45) is 5.92 Å². The van der Waals surface area contributed by atoms with E-state index < -0.39 is 0 Å². The number of carbonyl (C=O) groups is 1. The first kappa shape index (κ1) is 13.3. The summed E-state index contributed by atoms with van der Waals surface area (Å²) >= 11 is 3.43. The van der Waals surface area contributed by atoms with Crippen molar-refractivity contribution >= 4 is 27.5 Å². The van der Waals surface area contributed by atoms with Crippen molar-refractivity contribution in [3.8, 4) is 0 Å². The third-order valence-electron chi connectivity index (χ3n) is 3.39. The topological polar surface area (TPSA) is 33.2 Å². The fourth-order valence-corrected chi connectivity index (χ4v) is 2.41. The minimum Gasteiger partial charge on any atom is -0.308 e. The Morgan fingerprint density at radius 2 is 2.00 bits per heavy atom. The van der Waals surface area contributed by atoms with Crippen molar-refractivity contribution in [3.05, 3.63) is 58.8 Å². The van der Waals surface area contributed by atoms with Crippen LogP contribution in [0.4, 0.5) is 5.69 Å². The summed E-state index contributed by atoms with van der Waals surface area (Å²) in [6.07, 6.45) is 5.58. The maximum Gasteiger partial charge on any atom is 0.230 e. The van der Waals surface area contributed by atoms with E-state index in [9.17, 15) is 4.79 Å². The van der Waals surface area contributed by atoms with Crippen LogP contribution in [0.1, 0.15) is 18.4 Å². The molecule has 1 aliphatic rings. The van der Waals surface area contributed by atoms with Crippen LogP contribution >= 0.6 is 15.9 Å². The van der Waals surface area contributed by atoms with Gasteiger partial charge in [-0.3, -0.25) is 9.78 Å². The van der Waals surface area contributed by atoms with Gasteiger partial charge in [0.05, 0.1) is 6.54 Å². The van der Waals surface area contributed by atoms with Gasteiger partial charge in [-0.1, -0.05) is 22.0 Å². The zero-order chi connectivity index (χ0) is 13.9. The van der Waals surface area contributed by atoms with Crippen molar-refractivity contribution in [3.63, 3.8) is 0 Å². The molecule has 0 atom stereocenters. The van der Waals surface area contributed by atoms with E-state index in [4.69, 9.17) is 0 Å². The molecular formula is C16H15BrN2O. The molecule has 1 fully saturated rings. The fourth-order valence-electron chi connectivity index (χ4n) is 2.14. The number of nitrogens with zero attached hydrogens (tertiary/aromatic N) is 2. The second-order valence-corrected chi connectivity index (χ2v) is 5.95. The molecule has 0 radical (unpaired) electrons. The van der Waals surface area contributed by atoms with Crippen LogP contribution in [0.25, 0.3) is 0 Å². The highest BCUT2D eigenvalue weighted by Gasteiger charge is 2.34. The fraction of sp³-hybridized carbons (Fsp3) is 0.250. The molecule has 0 N–H and O–H groups in total. The minimum absolute atomic E-state index is 0.204. The first-order valence-electron chi connectivity index (χ1n) is 6.70. The lowest BCUT2D eigenvalue weighted by Crippen LogP contribution is -2.31. The Hall–Kier alpha value is -1.68. The Kier molecular flexibility index (Phi) is 3.83. The van der Waals surface area contributed by atoms with Crippen molar-refractivity contribution in [2.45, 2.75) is 19.4 Å². The molecule has 0 saturated heterocycles. The molecule has 1 saturated carbocycles. The van der Waals surface area contributed by atoms with Crippen LogP contribution in [0.15, 0.2) is 53.3 Å². The first-order chi connectivity index (χ1) is 9.74. The van der Waals surface area contributed by atoms with Crippen molar-refractivity contribution < 1.29 is 4.79 Å². The second kappa shape index (κ2) is 5.75. The lowest BCUT2D eigenvalue weighted by Gasteiger charge is -2.23. The summed E-state index contributed by atoms with van der Waals surface area (Å²) in [4.78, 5) is 18.5. The SMILES string of the molecule is O=C(C1CC1)N(Cc1cccnc1)c1ccc(Br)cc1. The normalized spacial score (nSPS) is 14.1. The zero-order valence-corrected chi connectivity index (χ0v) is 12.6. The van der Waals surface area contributed by atoms with Crippen LogP contribution in [-0.2, 0) is 11.3 Å². The van der Waals surface area contributed by atoms with Gasteiger partial charge in [0.2, 0.25) is 5.91 Å². The molecule has 4 heteroatoms. The van der Waals surface area contributed by atoms with Gasteiger partial charge in [0, 0.05) is 28.5 Å². The monoisotopic (exact) mass is 330 g/mol. The number of hydrogen-bond donors (Lipinski definition) is 0. The van der Waals surface area contributed by atoms with E-state index in [2.05, 4.69) is 20.9 Å². The summed E-state index contributed by atoms with van der Waals surface area (Å²) < 4.78 is 1.02. The van der Waals surface area contributed by atoms with E-state index in [1.54, 1.807) is 6.20 Å². The molecule has 102 valence electrons. The first-order valence-corrected chi connectivity index (χ1v) is 7.49. The van der Waals surface area contributed by atoms with Crippen molar-refractivity contribution in [1.29, 1.82) is 0 Å². The molecular weight excluding hydrogens is 316 g/mol. The number of anilines is 1. The highest BCUT2D eigenvalue weighted by Crippen LogP contribution is 2.33. The highest BCUT2D eigenvalue weighted by atomic mass is 79.9. The number of aromatic nitrogens is 1. The molecule has 1 heterocycles. The summed E-state index contributed by atoms with van der Waals surface area (Å²) in [6.45, 7) is 0.574. The van der Waals surface area contributed by atoms with Crippen LogP contribution in [0.2, 0.25) is 0 Å². The highest BCUT2D eigenvalue weighted by molar-refractivity contribution is 9.10. The smallest absolute Gasteiger partial charge is 0.230 e. The van der Waals surface area contributed by atoms with Gasteiger partial charge in [-0.05, 0) is 48.7 Å². The van der Waals surface area contributed by atoms with E-state index in [1.165, 1.54) is 0 Å². The van der Waals surface area contributed by atoms with Gasteiger partial charge in [0.1, 0.15) is 0 Å². The molecule has 2 aromatic rings. The summed E-state index contributed by atoms with van der Waals surface area (Å²) in [5.41, 5.74) is 1.98. The summed E-state index contributed by atoms with van der Waals surface area (Å²) in [5.74, 6) is 0.423. The Morgan fingerprint density at radius 3 is 2.60 bits per heavy atom. The number of carbonyl (C=O) groups excluding carboxylic acids is 1. The minimum atomic E-state index is 0.204. The zero-order valence-electron chi connectivity index (χ0n) is 11.0. The second-order valence-electron chi connectivity index (χ2n) is 5.04. The third kappa shape index (κ3) is 3.07. The van der Waals surface area contributed by atoms with Gasteiger partial charge in [-0.15, -0.1) is 0 Å². The van der Waals surface area contributed by atoms with Gasteiger partial charge in [-0.25, -0.2) is 0 Å². The molecule has 1 aromatic carbocycles. The Balaban J connectivity index is 1.87. The van der Waals surface area contributed by atoms with Crippen LogP contribution in [0, 0.1) is 5.92 Å². The maximum absolute atomic E-state index is 12.5. The molecule has 0 bridgehead atoms. The molecule has 1 aromatic heterocycles. The lowest BCUT2D eigenvalue weighted by atomic mass is 10.2. The van der Waals surface area contributed by atoms with Gasteiger partial charge >= 0.3 is 0 Å². The number of benzene rings is 1. The number of hydrogen-bond acceptors (Lipinski definition) is 2. The van der Waals surface area contributed by atoms with Crippen LogP contribution in [0.5, 0.6) is 0 Å². The summed E-state index contributed by atoms with van der Waals surface area (Å²) in [6, 6.07) is 11.8. The van der Waals surface area contributed by atoms with Gasteiger partial charge in [0.15, 0.2) is 0 Å². The average molecular weight is 331 g/mol. The molecule has 3 rings (SSSR count). The Morgan fingerprint density at radius 1 is 1.25 bits per heavy atom. The molecule has 20 heavy (non-hydrogen) atoms. The van der Waals surface area contributed by atoms with E-state index in [0.717, 1.165) is 28.6 Å². The van der Waals surface area contributed by atoms with E-state index in [-0.39, 0.29) is 11.8 Å². The predicted molar refractivity (Wildman–Crippen MR) is 82.3 cm³/mol. The maximum atomic E-state index is 12.5. The number of pyridine rings is 1. The van der Waals surface area contributed by atoms with E-state index >= 15 is 0 Å². The number of rotatable bonds is 4. The third-order valence-corrected chi connectivity index (χ3v) is 3.92. The van der Waals surface area contributed by atoms with Gasteiger partial charge < -0.3 is 4.90 Å². The van der Waals surface area contributed by atoms with Crippen LogP contribution in [-0.4, -0.2) is 10.9 Å². The van der Waals surface area contributed by atoms with E-state index in [0.29, 0.717) is 6.54 Å². The number of halogens is 1. The lowest BCUT2D eigenvalue weighted by molar-refractivity contribution is -0.119. The molecule has 0 spiro atoms. The van der Waals surface area contributed by atoms with Gasteiger partial charge in [-0.2, -0.15) is 0 Å². The summed E-state index contributed by atoms with van der Waals surface area (Å²) in [7, 11) is 0. The van der Waals surface area contributed by atoms with E-state index in [1.807, 2.05) is 47.5 Å². The molecule has 1 amide bonds. The molecule has 1 aliphatic carbocycles. The summed E-state index contributed by atoms with van der Waals surface area (Å²) in [5, 5.41) is 0. The molecule has 3 nitrogen and oxygen atoms in total. The average Bonchev–Trinajstić information content (AvgIpc) is 3.31. The van der Waals surface area contributed by atoms with Crippen LogP contribution < -0.4 is 4.90 Å². The van der Waals surface area contributed by atoms with Crippen LogP contribution in [0.3, 0.4) is 0 Å².